The minimum Gasteiger partial charge on any atom is -0.488 e. The van der Waals surface area contributed by atoms with Crippen molar-refractivity contribution >= 4 is 45.5 Å². The predicted molar refractivity (Wildman–Crippen MR) is 187 cm³/mol. The van der Waals surface area contributed by atoms with Crippen molar-refractivity contribution in [3.8, 4) is 23.6 Å². The molecule has 0 saturated carbocycles. The number of nitrogens with zero attached hydrogens (tertiary/aromatic N) is 5. The van der Waals surface area contributed by atoms with Crippen molar-refractivity contribution in [2.24, 2.45) is 5.73 Å². The summed E-state index contributed by atoms with van der Waals surface area (Å²) < 4.78 is 12.6. The van der Waals surface area contributed by atoms with E-state index in [9.17, 15) is 10.1 Å². The van der Waals surface area contributed by atoms with Gasteiger partial charge in [-0.3, -0.25) is 9.78 Å². The number of nitrogens with one attached hydrogen (secondary N) is 1. The Balaban J connectivity index is 1.30. The molecule has 48 heavy (non-hydrogen) atoms. The van der Waals surface area contributed by atoms with Crippen molar-refractivity contribution in [1.82, 2.24) is 9.88 Å². The molecule has 2 saturated heterocycles. The van der Waals surface area contributed by atoms with Crippen molar-refractivity contribution in [3.63, 3.8) is 0 Å². The molecule has 3 N–H and O–H groups in total. The van der Waals surface area contributed by atoms with Crippen LogP contribution in [-0.2, 0) is 11.4 Å². The van der Waals surface area contributed by atoms with Crippen LogP contribution < -0.4 is 25.4 Å². The fraction of sp³-hybridized carbons (Fsp3) is 0.297. The van der Waals surface area contributed by atoms with Gasteiger partial charge in [-0.25, -0.2) is 0 Å². The summed E-state index contributed by atoms with van der Waals surface area (Å²) in [6.07, 6.45) is 6.49. The van der Waals surface area contributed by atoms with E-state index in [0.717, 1.165) is 53.9 Å². The van der Waals surface area contributed by atoms with Gasteiger partial charge in [0, 0.05) is 55.6 Å². The van der Waals surface area contributed by atoms with Crippen LogP contribution in [0.15, 0.2) is 72.4 Å². The normalized spacial score (nSPS) is 15.4. The number of anilines is 3. The van der Waals surface area contributed by atoms with Crippen LogP contribution >= 0.6 is 11.6 Å². The van der Waals surface area contributed by atoms with Crippen LogP contribution in [0.25, 0.3) is 10.9 Å². The number of nitrogens with two attached hydrogens (primary N) is 1. The highest BCUT2D eigenvalue weighted by atomic mass is 35.5. The maximum atomic E-state index is 11.5. The Morgan fingerprint density at radius 1 is 1.04 bits per heavy atom. The van der Waals surface area contributed by atoms with Gasteiger partial charge in [0.15, 0.2) is 0 Å². The minimum absolute atomic E-state index is 0.0864. The second-order valence-electron chi connectivity index (χ2n) is 12.2. The number of piperidine rings is 2. The maximum Gasteiger partial charge on any atom is 0.241 e. The molecule has 0 aliphatic carbocycles. The number of hydrogen-bond acceptors (Lipinski definition) is 9. The number of fused-ring (bicyclic) bond motifs is 1. The lowest BCUT2D eigenvalue weighted by atomic mass is 10.0. The second kappa shape index (κ2) is 14.6. The highest BCUT2D eigenvalue weighted by Crippen LogP contribution is 2.41. The van der Waals surface area contributed by atoms with Crippen LogP contribution in [-0.4, -0.2) is 55.1 Å². The Labute approximate surface area is 284 Å². The number of hydrogen-bond donors (Lipinski definition) is 2. The number of pyridine rings is 1. The molecule has 0 bridgehead atoms. The zero-order valence-electron chi connectivity index (χ0n) is 26.7. The third kappa shape index (κ3) is 7.63. The summed E-state index contributed by atoms with van der Waals surface area (Å²) in [5.41, 5.74) is 11.3. The summed E-state index contributed by atoms with van der Waals surface area (Å²) >= 11 is 6.65. The quantitative estimate of drug-likeness (QED) is 0.194. The number of primary amides is 1. The van der Waals surface area contributed by atoms with Crippen LogP contribution in [0.5, 0.6) is 11.5 Å². The smallest absolute Gasteiger partial charge is 0.241 e. The molecule has 0 radical (unpaired) electrons. The van der Waals surface area contributed by atoms with Crippen molar-refractivity contribution in [3.05, 3.63) is 94.2 Å². The molecule has 4 aromatic rings. The topological polar surface area (TPSA) is 141 Å². The molecule has 244 valence electrons. The molecule has 0 unspecified atom stereocenters. The van der Waals surface area contributed by atoms with Crippen LogP contribution in [0, 0.1) is 22.7 Å². The van der Waals surface area contributed by atoms with Gasteiger partial charge in [0.1, 0.15) is 30.3 Å². The SMILES string of the molecule is CN1CCC(Oc2cc3ncc(C#N)c(Nc4ccc(OCc5ccc(C#N)cc5)c(Cl)c4)c3cc2N2CCC(=CC(N)=O)CC2)CC1. The first-order chi connectivity index (χ1) is 23.3. The summed E-state index contributed by atoms with van der Waals surface area (Å²) in [6, 6.07) is 21.0. The standard InChI is InChI=1S/C37H36ClN7O3/c1-44-12-10-29(11-13-44)48-35-19-32-30(18-33(35)45-14-8-24(9-15-45)16-36(41)46)37(27(21-40)22-42-32)43-28-6-7-34(31(38)17-28)47-23-26-4-2-25(20-39)3-5-26/h2-7,16-19,22,29H,8-15,23H2,1H3,(H2,41,46)(H,42,43). The zero-order valence-corrected chi connectivity index (χ0v) is 27.5. The van der Waals surface area contributed by atoms with Gasteiger partial charge in [-0.15, -0.1) is 0 Å². The molecule has 1 aromatic heterocycles. The van der Waals surface area contributed by atoms with E-state index in [2.05, 4.69) is 45.4 Å². The number of halogens is 1. The summed E-state index contributed by atoms with van der Waals surface area (Å²) in [5.74, 6) is 0.848. The molecular formula is C37H36ClN7O3. The highest BCUT2D eigenvalue weighted by Gasteiger charge is 2.25. The highest BCUT2D eigenvalue weighted by molar-refractivity contribution is 6.32. The first kappa shape index (κ1) is 32.6. The molecule has 2 aliphatic heterocycles. The number of carbonyl (C=O) groups is 1. The maximum absolute atomic E-state index is 11.5. The van der Waals surface area contributed by atoms with E-state index in [0.29, 0.717) is 71.3 Å². The summed E-state index contributed by atoms with van der Waals surface area (Å²) in [7, 11) is 2.12. The van der Waals surface area contributed by atoms with E-state index in [-0.39, 0.29) is 6.10 Å². The lowest BCUT2D eigenvalue weighted by Crippen LogP contribution is -2.36. The Bertz CT molecular complexity index is 1930. The third-order valence-electron chi connectivity index (χ3n) is 8.80. The number of nitriles is 2. The Hall–Kier alpha value is -5.29. The minimum atomic E-state index is -0.424. The largest absolute Gasteiger partial charge is 0.488 e. The van der Waals surface area contributed by atoms with Gasteiger partial charge >= 0.3 is 0 Å². The molecule has 10 nitrogen and oxygen atoms in total. The van der Waals surface area contributed by atoms with E-state index in [4.69, 9.17) is 32.1 Å². The van der Waals surface area contributed by atoms with Gasteiger partial charge in [-0.1, -0.05) is 29.3 Å². The number of benzene rings is 3. The fourth-order valence-electron chi connectivity index (χ4n) is 6.11. The van der Waals surface area contributed by atoms with Gasteiger partial charge in [-0.05, 0) is 74.7 Å². The number of carbonyl (C=O) groups excluding carboxylic acids is 1. The number of ether oxygens (including phenoxy) is 2. The van der Waals surface area contributed by atoms with E-state index in [1.54, 1.807) is 30.5 Å². The molecule has 1 amide bonds. The molecule has 2 fully saturated rings. The number of amides is 1. The van der Waals surface area contributed by atoms with E-state index in [1.165, 1.54) is 6.08 Å². The summed E-state index contributed by atoms with van der Waals surface area (Å²) in [4.78, 5) is 20.7. The number of rotatable bonds is 9. The molecular weight excluding hydrogens is 626 g/mol. The summed E-state index contributed by atoms with van der Waals surface area (Å²) in [5, 5.41) is 23.7. The fourth-order valence-corrected chi connectivity index (χ4v) is 6.34. The van der Waals surface area contributed by atoms with Gasteiger partial charge in [0.2, 0.25) is 5.91 Å². The van der Waals surface area contributed by atoms with Crippen LogP contribution in [0.4, 0.5) is 17.1 Å². The number of likely N-dealkylation sites (tertiary alicyclic amines) is 1. The van der Waals surface area contributed by atoms with Gasteiger partial charge in [0.05, 0.1) is 39.1 Å². The Morgan fingerprint density at radius 2 is 1.79 bits per heavy atom. The average molecular weight is 662 g/mol. The van der Waals surface area contributed by atoms with Gasteiger partial charge in [0.25, 0.3) is 0 Å². The Kier molecular flexibility index (Phi) is 9.96. The van der Waals surface area contributed by atoms with Gasteiger partial charge < -0.3 is 30.3 Å². The molecule has 3 aromatic carbocycles. The molecule has 6 rings (SSSR count). The summed E-state index contributed by atoms with van der Waals surface area (Å²) in [6.45, 7) is 3.63. The van der Waals surface area contributed by atoms with Crippen molar-refractivity contribution < 1.29 is 14.3 Å². The van der Waals surface area contributed by atoms with E-state index in [1.807, 2.05) is 24.3 Å². The zero-order chi connectivity index (χ0) is 33.6. The van der Waals surface area contributed by atoms with Crippen molar-refractivity contribution in [2.45, 2.75) is 38.4 Å². The number of aromatic nitrogens is 1. The van der Waals surface area contributed by atoms with Crippen LogP contribution in [0.3, 0.4) is 0 Å². The molecule has 0 atom stereocenters. The molecule has 2 aliphatic rings. The van der Waals surface area contributed by atoms with E-state index < -0.39 is 5.91 Å². The van der Waals surface area contributed by atoms with Crippen molar-refractivity contribution in [2.75, 3.05) is 43.4 Å². The van der Waals surface area contributed by atoms with E-state index >= 15 is 0 Å². The van der Waals surface area contributed by atoms with Crippen molar-refractivity contribution in [1.29, 1.82) is 10.5 Å². The van der Waals surface area contributed by atoms with Crippen LogP contribution in [0.2, 0.25) is 5.02 Å². The van der Waals surface area contributed by atoms with Crippen LogP contribution in [0.1, 0.15) is 42.4 Å². The predicted octanol–water partition coefficient (Wildman–Crippen LogP) is 6.44. The first-order valence-corrected chi connectivity index (χ1v) is 16.3. The first-order valence-electron chi connectivity index (χ1n) is 15.9. The lowest BCUT2D eigenvalue weighted by Gasteiger charge is -2.34. The average Bonchev–Trinajstić information content (AvgIpc) is 3.09. The van der Waals surface area contributed by atoms with Gasteiger partial charge in [-0.2, -0.15) is 10.5 Å². The molecule has 3 heterocycles. The molecule has 0 spiro atoms. The second-order valence-corrected chi connectivity index (χ2v) is 12.6. The Morgan fingerprint density at radius 3 is 2.46 bits per heavy atom. The molecule has 11 heteroatoms. The monoisotopic (exact) mass is 661 g/mol. The third-order valence-corrected chi connectivity index (χ3v) is 9.10. The lowest BCUT2D eigenvalue weighted by molar-refractivity contribution is -0.113.